The van der Waals surface area contributed by atoms with Crippen molar-refractivity contribution in [1.29, 1.82) is 0 Å². The van der Waals surface area contributed by atoms with Crippen LogP contribution in [0.1, 0.15) is 37.7 Å². The molecule has 21 heavy (non-hydrogen) atoms. The summed E-state index contributed by atoms with van der Waals surface area (Å²) in [5.74, 6) is -0.305. The minimum atomic E-state index is -0.305. The molecule has 1 saturated carbocycles. The van der Waals surface area contributed by atoms with Crippen LogP contribution in [-0.4, -0.2) is 23.5 Å². The second-order valence-electron chi connectivity index (χ2n) is 5.63. The van der Waals surface area contributed by atoms with Gasteiger partial charge in [0.1, 0.15) is 5.82 Å². The fourth-order valence-corrected chi connectivity index (χ4v) is 2.80. The second-order valence-corrected chi connectivity index (χ2v) is 5.63. The van der Waals surface area contributed by atoms with Gasteiger partial charge in [0.2, 0.25) is 0 Å². The molecule has 1 aromatic rings. The Morgan fingerprint density at radius 2 is 2.14 bits per heavy atom. The van der Waals surface area contributed by atoms with Crippen LogP contribution in [0.2, 0.25) is 0 Å². The molecule has 0 aliphatic heterocycles. The van der Waals surface area contributed by atoms with Gasteiger partial charge in [0.25, 0.3) is 0 Å². The van der Waals surface area contributed by atoms with E-state index < -0.39 is 0 Å². The van der Waals surface area contributed by atoms with Crippen molar-refractivity contribution >= 4 is 11.7 Å². The Bertz CT molecular complexity index is 510. The number of aryl methyl sites for hydroxylation is 1. The summed E-state index contributed by atoms with van der Waals surface area (Å²) < 4.78 is 13.6. The molecule has 0 radical (unpaired) electrons. The highest BCUT2D eigenvalue weighted by Crippen LogP contribution is 2.23. The lowest BCUT2D eigenvalue weighted by molar-refractivity contribution is 0.176. The zero-order valence-electron chi connectivity index (χ0n) is 12.6. The number of carbonyl (C=O) groups excluding carboxylic acids is 1. The van der Waals surface area contributed by atoms with Gasteiger partial charge in [-0.25, -0.2) is 9.18 Å². The lowest BCUT2D eigenvalue weighted by Gasteiger charge is -2.33. The summed E-state index contributed by atoms with van der Waals surface area (Å²) in [6, 6.07) is 4.84. The maximum atomic E-state index is 13.6. The van der Waals surface area contributed by atoms with Crippen molar-refractivity contribution in [2.24, 2.45) is 0 Å². The van der Waals surface area contributed by atoms with E-state index >= 15 is 0 Å². The van der Waals surface area contributed by atoms with Crippen molar-refractivity contribution in [2.45, 2.75) is 45.1 Å². The average Bonchev–Trinajstić information content (AvgIpc) is 2.49. The Morgan fingerprint density at radius 1 is 1.43 bits per heavy atom. The van der Waals surface area contributed by atoms with Gasteiger partial charge in [-0.1, -0.05) is 31.4 Å². The first-order chi connectivity index (χ1) is 10.1. The number of amides is 2. The number of nitrogens with zero attached hydrogens (tertiary/aromatic N) is 1. The van der Waals surface area contributed by atoms with Gasteiger partial charge in [0.05, 0.1) is 0 Å². The van der Waals surface area contributed by atoms with Crippen LogP contribution < -0.4 is 5.32 Å². The maximum absolute atomic E-state index is 13.6. The molecule has 114 valence electrons. The van der Waals surface area contributed by atoms with Crippen molar-refractivity contribution in [3.05, 3.63) is 42.2 Å². The minimum absolute atomic E-state index is 0.176. The highest BCUT2D eigenvalue weighted by atomic mass is 19.1. The van der Waals surface area contributed by atoms with Crippen molar-refractivity contribution < 1.29 is 9.18 Å². The second kappa shape index (κ2) is 7.25. The molecule has 2 amide bonds. The molecular weight excluding hydrogens is 267 g/mol. The molecule has 3 nitrogen and oxygen atoms in total. The van der Waals surface area contributed by atoms with Gasteiger partial charge in [-0.15, -0.1) is 6.58 Å². The predicted molar refractivity (Wildman–Crippen MR) is 83.9 cm³/mol. The van der Waals surface area contributed by atoms with E-state index in [9.17, 15) is 9.18 Å². The third kappa shape index (κ3) is 4.06. The molecule has 1 aromatic carbocycles. The zero-order chi connectivity index (χ0) is 15.2. The van der Waals surface area contributed by atoms with E-state index in [4.69, 9.17) is 0 Å². The Morgan fingerprint density at radius 3 is 2.76 bits per heavy atom. The first kappa shape index (κ1) is 15.5. The van der Waals surface area contributed by atoms with E-state index in [0.717, 1.165) is 25.7 Å². The fraction of sp³-hybridized carbons (Fsp3) is 0.471. The van der Waals surface area contributed by atoms with Gasteiger partial charge in [-0.3, -0.25) is 0 Å². The SMILES string of the molecule is C=CCN(C(=O)Nc1ccc(C)c(F)c1)C1CCCCC1. The lowest BCUT2D eigenvalue weighted by atomic mass is 9.94. The summed E-state index contributed by atoms with van der Waals surface area (Å²) in [6.07, 6.45) is 7.36. The zero-order valence-corrected chi connectivity index (χ0v) is 12.6. The highest BCUT2D eigenvalue weighted by Gasteiger charge is 2.24. The standard InChI is InChI=1S/C17H23FN2O/c1-3-11-20(15-7-5-4-6-8-15)17(21)19-14-10-9-13(2)16(18)12-14/h3,9-10,12,15H,1,4-8,11H2,2H3,(H,19,21). The summed E-state index contributed by atoms with van der Waals surface area (Å²) in [7, 11) is 0. The van der Waals surface area contributed by atoms with E-state index in [2.05, 4.69) is 11.9 Å². The molecule has 0 heterocycles. The number of hydrogen-bond donors (Lipinski definition) is 1. The van der Waals surface area contributed by atoms with E-state index in [-0.39, 0.29) is 17.9 Å². The van der Waals surface area contributed by atoms with Crippen LogP contribution in [-0.2, 0) is 0 Å². The van der Waals surface area contributed by atoms with Crippen LogP contribution in [0.25, 0.3) is 0 Å². The van der Waals surface area contributed by atoms with Crippen molar-refractivity contribution in [3.63, 3.8) is 0 Å². The first-order valence-electron chi connectivity index (χ1n) is 7.56. The van der Waals surface area contributed by atoms with Gasteiger partial charge >= 0.3 is 6.03 Å². The van der Waals surface area contributed by atoms with Crippen LogP contribution in [0.5, 0.6) is 0 Å². The number of rotatable bonds is 4. The third-order valence-corrected chi connectivity index (χ3v) is 4.03. The number of carbonyl (C=O) groups is 1. The number of anilines is 1. The molecule has 1 aliphatic rings. The number of urea groups is 1. The molecule has 0 atom stereocenters. The number of halogens is 1. The topological polar surface area (TPSA) is 32.3 Å². The normalized spacial score (nSPS) is 15.5. The molecule has 4 heteroatoms. The van der Waals surface area contributed by atoms with Crippen LogP contribution in [0, 0.1) is 12.7 Å². The van der Waals surface area contributed by atoms with Crippen LogP contribution in [0.15, 0.2) is 30.9 Å². The monoisotopic (exact) mass is 290 g/mol. The molecule has 1 aliphatic carbocycles. The van der Waals surface area contributed by atoms with Crippen LogP contribution in [0.4, 0.5) is 14.9 Å². The molecule has 1 fully saturated rings. The smallest absolute Gasteiger partial charge is 0.318 e. The van der Waals surface area contributed by atoms with Gasteiger partial charge < -0.3 is 10.2 Å². The summed E-state index contributed by atoms with van der Waals surface area (Å²) in [4.78, 5) is 14.3. The first-order valence-corrected chi connectivity index (χ1v) is 7.56. The molecule has 0 saturated heterocycles. The van der Waals surface area contributed by atoms with E-state index in [1.165, 1.54) is 12.5 Å². The Kier molecular flexibility index (Phi) is 5.37. The minimum Gasteiger partial charge on any atom is -0.318 e. The maximum Gasteiger partial charge on any atom is 0.322 e. The van der Waals surface area contributed by atoms with Crippen LogP contribution >= 0.6 is 0 Å². The molecule has 0 spiro atoms. The van der Waals surface area contributed by atoms with Crippen LogP contribution in [0.3, 0.4) is 0 Å². The summed E-state index contributed by atoms with van der Waals surface area (Å²) >= 11 is 0. The van der Waals surface area contributed by atoms with Gasteiger partial charge in [-0.2, -0.15) is 0 Å². The Balaban J connectivity index is 2.06. The summed E-state index contributed by atoms with van der Waals surface area (Å²) in [5, 5.41) is 2.79. The number of nitrogens with one attached hydrogen (secondary N) is 1. The molecular formula is C17H23FN2O. The third-order valence-electron chi connectivity index (χ3n) is 4.03. The van der Waals surface area contributed by atoms with Crippen molar-refractivity contribution in [2.75, 3.05) is 11.9 Å². The predicted octanol–water partition coefficient (Wildman–Crippen LogP) is 4.49. The fourth-order valence-electron chi connectivity index (χ4n) is 2.80. The highest BCUT2D eigenvalue weighted by molar-refractivity contribution is 5.89. The number of benzene rings is 1. The van der Waals surface area contributed by atoms with Crippen molar-refractivity contribution in [1.82, 2.24) is 4.90 Å². The Labute approximate surface area is 125 Å². The quantitative estimate of drug-likeness (QED) is 0.814. The van der Waals surface area contributed by atoms with Gasteiger partial charge in [-0.05, 0) is 37.5 Å². The average molecular weight is 290 g/mol. The molecule has 0 bridgehead atoms. The molecule has 0 unspecified atom stereocenters. The largest absolute Gasteiger partial charge is 0.322 e. The lowest BCUT2D eigenvalue weighted by Crippen LogP contribution is -2.43. The molecule has 2 rings (SSSR count). The van der Waals surface area contributed by atoms with Gasteiger partial charge in [0, 0.05) is 18.3 Å². The van der Waals surface area contributed by atoms with E-state index in [1.807, 2.05) is 4.90 Å². The van der Waals surface area contributed by atoms with E-state index in [1.54, 1.807) is 25.1 Å². The van der Waals surface area contributed by atoms with Crippen molar-refractivity contribution in [3.8, 4) is 0 Å². The Hall–Kier alpha value is -1.84. The van der Waals surface area contributed by atoms with E-state index in [0.29, 0.717) is 17.8 Å². The molecule has 0 aromatic heterocycles. The van der Waals surface area contributed by atoms with Gasteiger partial charge in [0.15, 0.2) is 0 Å². The molecule has 1 N–H and O–H groups in total. The summed E-state index contributed by atoms with van der Waals surface area (Å²) in [5.41, 5.74) is 1.07. The summed E-state index contributed by atoms with van der Waals surface area (Å²) in [6.45, 7) is 5.95. The number of hydrogen-bond acceptors (Lipinski definition) is 1.